The van der Waals surface area contributed by atoms with Gasteiger partial charge in [0.1, 0.15) is 0 Å². The van der Waals surface area contributed by atoms with Crippen LogP contribution >= 0.6 is 11.6 Å². The Morgan fingerprint density at radius 2 is 2.00 bits per heavy atom. The lowest BCUT2D eigenvalue weighted by molar-refractivity contribution is 0.0168. The number of hydrogen-bond acceptors (Lipinski definition) is 10. The van der Waals surface area contributed by atoms with Crippen molar-refractivity contribution in [2.24, 2.45) is 0 Å². The molecule has 12 heteroatoms. The van der Waals surface area contributed by atoms with Crippen LogP contribution in [0, 0.1) is 0 Å². The van der Waals surface area contributed by atoms with Crippen molar-refractivity contribution in [1.82, 2.24) is 40.7 Å². The maximum atomic E-state index is 6.47. The summed E-state index contributed by atoms with van der Waals surface area (Å²) in [5.74, 6) is 2.13. The molecule has 2 atom stereocenters. The smallest absolute Gasteiger partial charge is 0.248 e. The Bertz CT molecular complexity index is 1300. The Kier molecular flexibility index (Phi) is 5.84. The lowest BCUT2D eigenvalue weighted by Crippen LogP contribution is -2.28. The fourth-order valence-electron chi connectivity index (χ4n) is 3.28. The molecule has 5 rings (SSSR count). The number of aromatic nitrogens is 6. The number of benzene rings is 1. The molecular formula is C21H19ClN8O3. The van der Waals surface area contributed by atoms with E-state index in [1.54, 1.807) is 48.2 Å². The number of rotatable bonds is 6. The lowest BCUT2D eigenvalue weighted by atomic mass is 10.3. The van der Waals surface area contributed by atoms with Crippen molar-refractivity contribution in [2.45, 2.75) is 19.3 Å². The molecule has 0 saturated carbocycles. The van der Waals surface area contributed by atoms with E-state index < -0.39 is 6.23 Å². The van der Waals surface area contributed by atoms with Gasteiger partial charge in [0.25, 0.3) is 0 Å². The Hall–Kier alpha value is -3.64. The molecule has 2 unspecified atom stereocenters. The second-order valence-electron chi connectivity index (χ2n) is 7.07. The zero-order valence-electron chi connectivity index (χ0n) is 17.6. The Balaban J connectivity index is 1.48. The number of halogens is 1. The molecule has 0 aliphatic carbocycles. The van der Waals surface area contributed by atoms with E-state index in [-0.39, 0.29) is 6.17 Å². The molecule has 0 radical (unpaired) electrons. The number of pyridine rings is 1. The first-order valence-corrected chi connectivity index (χ1v) is 10.4. The Morgan fingerprint density at radius 3 is 2.79 bits per heavy atom. The number of nitrogens with one attached hydrogen (secondary N) is 2. The largest absolute Gasteiger partial charge is 0.481 e. The van der Waals surface area contributed by atoms with Crippen molar-refractivity contribution in [3.8, 4) is 23.0 Å². The molecule has 0 amide bonds. The molecule has 0 spiro atoms. The van der Waals surface area contributed by atoms with Crippen LogP contribution in [0.1, 0.15) is 30.7 Å². The summed E-state index contributed by atoms with van der Waals surface area (Å²) in [5.41, 5.74) is 4.27. The maximum absolute atomic E-state index is 6.47. The highest BCUT2D eigenvalue weighted by Crippen LogP contribution is 2.27. The predicted molar refractivity (Wildman–Crippen MR) is 119 cm³/mol. The molecule has 33 heavy (non-hydrogen) atoms. The highest BCUT2D eigenvalue weighted by atomic mass is 35.5. The van der Waals surface area contributed by atoms with E-state index >= 15 is 0 Å². The van der Waals surface area contributed by atoms with Gasteiger partial charge >= 0.3 is 0 Å². The first kappa shape index (κ1) is 21.2. The molecule has 2 N–H and O–H groups in total. The minimum atomic E-state index is -0.511. The van der Waals surface area contributed by atoms with Gasteiger partial charge in [-0.05, 0) is 31.2 Å². The third kappa shape index (κ3) is 4.34. The van der Waals surface area contributed by atoms with Crippen molar-refractivity contribution < 1.29 is 14.0 Å². The number of nitrogens with zero attached hydrogens (tertiary/aromatic N) is 6. The summed E-state index contributed by atoms with van der Waals surface area (Å²) in [7, 11) is 1.54. The highest BCUT2D eigenvalue weighted by Gasteiger charge is 2.29. The van der Waals surface area contributed by atoms with Crippen LogP contribution in [0.4, 0.5) is 0 Å². The first-order valence-electron chi connectivity index (χ1n) is 10.0. The average Bonchev–Trinajstić information content (AvgIpc) is 3.57. The molecule has 1 aliphatic rings. The number of methoxy groups -OCH3 is 1. The fraction of sp³-hybridized carbons (Fsp3) is 0.190. The predicted octanol–water partition coefficient (Wildman–Crippen LogP) is 3.01. The summed E-state index contributed by atoms with van der Waals surface area (Å²) in [6.45, 7) is 1.93. The lowest BCUT2D eigenvalue weighted by Gasteiger charge is -2.13. The second-order valence-corrected chi connectivity index (χ2v) is 7.48. The van der Waals surface area contributed by atoms with Crippen LogP contribution in [0.5, 0.6) is 5.88 Å². The van der Waals surface area contributed by atoms with Crippen LogP contribution in [0.2, 0.25) is 5.02 Å². The van der Waals surface area contributed by atoms with Crippen LogP contribution < -0.4 is 15.5 Å². The molecule has 11 nitrogen and oxygen atoms in total. The van der Waals surface area contributed by atoms with Crippen LogP contribution in [0.3, 0.4) is 0 Å². The van der Waals surface area contributed by atoms with Gasteiger partial charge in [0.05, 0.1) is 24.0 Å². The molecule has 1 aliphatic heterocycles. The SMILES string of the molecule is COc1cc(-c2nnc(C=Cc3nnc(C4NC(C)NO4)n3-c3ccccc3Cl)o2)ccn1. The summed E-state index contributed by atoms with van der Waals surface area (Å²) in [6.07, 6.45) is 4.42. The average molecular weight is 467 g/mol. The van der Waals surface area contributed by atoms with E-state index in [2.05, 4.69) is 36.2 Å². The molecule has 1 fully saturated rings. The summed E-state index contributed by atoms with van der Waals surface area (Å²) < 4.78 is 12.7. The van der Waals surface area contributed by atoms with Crippen molar-refractivity contribution >= 4 is 23.8 Å². The van der Waals surface area contributed by atoms with Gasteiger partial charge in [0.2, 0.25) is 17.7 Å². The van der Waals surface area contributed by atoms with E-state index in [4.69, 9.17) is 25.6 Å². The van der Waals surface area contributed by atoms with Crippen LogP contribution in [0.15, 0.2) is 47.0 Å². The summed E-state index contributed by atoms with van der Waals surface area (Å²) in [4.78, 5) is 9.67. The van der Waals surface area contributed by atoms with E-state index in [1.165, 1.54) is 0 Å². The molecule has 3 aromatic heterocycles. The zero-order valence-corrected chi connectivity index (χ0v) is 18.4. The topological polar surface area (TPSA) is 125 Å². The third-order valence-electron chi connectivity index (χ3n) is 4.81. The molecular weight excluding hydrogens is 448 g/mol. The molecule has 4 heterocycles. The third-order valence-corrected chi connectivity index (χ3v) is 5.13. The first-order chi connectivity index (χ1) is 16.1. The highest BCUT2D eigenvalue weighted by molar-refractivity contribution is 6.32. The van der Waals surface area contributed by atoms with Gasteiger partial charge in [-0.15, -0.1) is 20.4 Å². The van der Waals surface area contributed by atoms with Gasteiger partial charge in [-0.1, -0.05) is 23.7 Å². The Morgan fingerprint density at radius 1 is 1.12 bits per heavy atom. The van der Waals surface area contributed by atoms with Gasteiger partial charge in [0.15, 0.2) is 17.9 Å². The number of ether oxygens (including phenoxy) is 1. The van der Waals surface area contributed by atoms with Gasteiger partial charge in [0, 0.05) is 23.9 Å². The quantitative estimate of drug-likeness (QED) is 0.438. The van der Waals surface area contributed by atoms with Crippen molar-refractivity contribution in [2.75, 3.05) is 7.11 Å². The maximum Gasteiger partial charge on any atom is 0.248 e. The normalized spacial score (nSPS) is 18.3. The van der Waals surface area contributed by atoms with E-state index in [0.29, 0.717) is 45.6 Å². The summed E-state index contributed by atoms with van der Waals surface area (Å²) in [5, 5.41) is 20.6. The van der Waals surface area contributed by atoms with Crippen LogP contribution in [0.25, 0.3) is 29.3 Å². The van der Waals surface area contributed by atoms with Crippen molar-refractivity contribution in [3.05, 3.63) is 65.2 Å². The fourth-order valence-corrected chi connectivity index (χ4v) is 3.50. The van der Waals surface area contributed by atoms with E-state index in [9.17, 15) is 0 Å². The summed E-state index contributed by atoms with van der Waals surface area (Å²) >= 11 is 6.47. The monoisotopic (exact) mass is 466 g/mol. The number of para-hydroxylation sites is 1. The van der Waals surface area contributed by atoms with E-state index in [1.807, 2.05) is 25.1 Å². The number of hydroxylamine groups is 1. The molecule has 1 aromatic carbocycles. The molecule has 1 saturated heterocycles. The minimum absolute atomic E-state index is 0.0472. The van der Waals surface area contributed by atoms with Crippen molar-refractivity contribution in [3.63, 3.8) is 0 Å². The van der Waals surface area contributed by atoms with Gasteiger partial charge in [-0.3, -0.25) is 14.7 Å². The Labute approximate surface area is 193 Å². The standard InChI is InChI=1S/C21H19ClN8O3/c1-12-24-21(33-29-12)19-27-25-16(30(19)15-6-4-3-5-14(15)22)7-8-17-26-28-20(32-17)13-9-10-23-18(11-13)31-2/h3-12,21,24,29H,1-2H3. The number of hydrogen-bond donors (Lipinski definition) is 2. The zero-order chi connectivity index (χ0) is 22.8. The second kappa shape index (κ2) is 9.08. The minimum Gasteiger partial charge on any atom is -0.481 e. The van der Waals surface area contributed by atoms with Gasteiger partial charge < -0.3 is 9.15 Å². The summed E-state index contributed by atoms with van der Waals surface area (Å²) in [6, 6.07) is 10.9. The molecule has 4 aromatic rings. The molecule has 168 valence electrons. The molecule has 0 bridgehead atoms. The van der Waals surface area contributed by atoms with E-state index in [0.717, 1.165) is 0 Å². The van der Waals surface area contributed by atoms with Crippen molar-refractivity contribution in [1.29, 1.82) is 0 Å². The van der Waals surface area contributed by atoms with Gasteiger partial charge in [-0.2, -0.15) is 5.48 Å². The van der Waals surface area contributed by atoms with Crippen LogP contribution in [-0.2, 0) is 4.84 Å². The van der Waals surface area contributed by atoms with Crippen LogP contribution in [-0.4, -0.2) is 43.2 Å². The van der Waals surface area contributed by atoms with Gasteiger partial charge in [-0.25, -0.2) is 4.98 Å².